The topological polar surface area (TPSA) is 41.5 Å². The highest BCUT2D eigenvalue weighted by Gasteiger charge is 2.14. The number of nitrogens with one attached hydrogen (secondary N) is 1. The highest BCUT2D eigenvalue weighted by atomic mass is 35.5. The van der Waals surface area contributed by atoms with Crippen LogP contribution in [-0.2, 0) is 0 Å². The minimum atomic E-state index is 0.160. The van der Waals surface area contributed by atoms with Crippen molar-refractivity contribution in [3.63, 3.8) is 0 Å². The normalized spacial score (nSPS) is 14.3. The zero-order valence-corrected chi connectivity index (χ0v) is 12.0. The van der Waals surface area contributed by atoms with Gasteiger partial charge >= 0.3 is 0 Å². The molecule has 0 spiro atoms. The second-order valence-electron chi connectivity index (χ2n) is 4.54. The molecule has 0 saturated carbocycles. The number of hydrogen-bond donors (Lipinski definition) is 2. The van der Waals surface area contributed by atoms with E-state index in [9.17, 15) is 0 Å². The molecule has 1 aromatic carbocycles. The van der Waals surface area contributed by atoms with E-state index in [1.165, 1.54) is 0 Å². The van der Waals surface area contributed by atoms with Gasteiger partial charge < -0.3 is 15.2 Å². The Kier molecular flexibility index (Phi) is 6.47. The maximum Gasteiger partial charge on any atom is 0.123 e. The molecule has 3 nitrogen and oxygen atoms in total. The lowest BCUT2D eigenvalue weighted by molar-refractivity contribution is 0.274. The minimum Gasteiger partial charge on any atom is -0.496 e. The maximum atomic E-state index is 8.82. The Balaban J connectivity index is 2.70. The highest BCUT2D eigenvalue weighted by molar-refractivity contribution is 6.30. The Hall–Kier alpha value is -0.770. The third-order valence-corrected chi connectivity index (χ3v) is 3.22. The molecule has 0 aliphatic carbocycles. The summed E-state index contributed by atoms with van der Waals surface area (Å²) < 4.78 is 5.35. The van der Waals surface area contributed by atoms with Gasteiger partial charge in [0, 0.05) is 29.3 Å². The Morgan fingerprint density at radius 3 is 2.72 bits per heavy atom. The first kappa shape index (κ1) is 15.3. The largest absolute Gasteiger partial charge is 0.496 e. The van der Waals surface area contributed by atoms with Crippen LogP contribution in [0.3, 0.4) is 0 Å². The summed E-state index contributed by atoms with van der Waals surface area (Å²) in [5.41, 5.74) is 1.06. The standard InChI is InChI=1S/C14H22ClNO2/c1-10(5-4-8-17)16-11(2)13-9-12(15)6-7-14(13)18-3/h6-7,9-11,16-17H,4-5,8H2,1-3H3. The fourth-order valence-corrected chi connectivity index (χ4v) is 2.22. The lowest BCUT2D eigenvalue weighted by Gasteiger charge is -2.22. The maximum absolute atomic E-state index is 8.82. The van der Waals surface area contributed by atoms with E-state index in [1.807, 2.05) is 18.2 Å². The number of ether oxygens (including phenoxy) is 1. The van der Waals surface area contributed by atoms with Gasteiger partial charge in [-0.25, -0.2) is 0 Å². The van der Waals surface area contributed by atoms with Crippen molar-refractivity contribution in [2.24, 2.45) is 0 Å². The van der Waals surface area contributed by atoms with Gasteiger partial charge in [0.05, 0.1) is 7.11 Å². The summed E-state index contributed by atoms with van der Waals surface area (Å²) >= 11 is 6.02. The number of aliphatic hydroxyl groups is 1. The van der Waals surface area contributed by atoms with E-state index >= 15 is 0 Å². The predicted molar refractivity (Wildman–Crippen MR) is 75.3 cm³/mol. The number of rotatable bonds is 7. The van der Waals surface area contributed by atoms with Gasteiger partial charge in [-0.15, -0.1) is 0 Å². The predicted octanol–water partition coefficient (Wildman–Crippen LogP) is 3.16. The van der Waals surface area contributed by atoms with Crippen molar-refractivity contribution < 1.29 is 9.84 Å². The SMILES string of the molecule is COc1ccc(Cl)cc1C(C)NC(C)CCCO. The van der Waals surface area contributed by atoms with Gasteiger partial charge in [0.25, 0.3) is 0 Å². The van der Waals surface area contributed by atoms with Gasteiger partial charge in [-0.2, -0.15) is 0 Å². The summed E-state index contributed by atoms with van der Waals surface area (Å²) in [6.07, 6.45) is 1.76. The summed E-state index contributed by atoms with van der Waals surface area (Å²) in [6, 6.07) is 6.14. The zero-order valence-electron chi connectivity index (χ0n) is 11.2. The molecule has 0 heterocycles. The molecule has 18 heavy (non-hydrogen) atoms. The van der Waals surface area contributed by atoms with Gasteiger partial charge in [-0.05, 0) is 44.9 Å². The van der Waals surface area contributed by atoms with E-state index in [4.69, 9.17) is 21.4 Å². The van der Waals surface area contributed by atoms with E-state index in [1.54, 1.807) is 7.11 Å². The number of methoxy groups -OCH3 is 1. The van der Waals surface area contributed by atoms with Crippen LogP contribution in [0.5, 0.6) is 5.75 Å². The molecule has 4 heteroatoms. The third-order valence-electron chi connectivity index (χ3n) is 2.99. The fraction of sp³-hybridized carbons (Fsp3) is 0.571. The van der Waals surface area contributed by atoms with Gasteiger partial charge in [0.15, 0.2) is 0 Å². The van der Waals surface area contributed by atoms with Crippen molar-refractivity contribution in [3.05, 3.63) is 28.8 Å². The summed E-state index contributed by atoms with van der Waals surface area (Å²) in [5.74, 6) is 0.841. The van der Waals surface area contributed by atoms with Crippen LogP contribution in [0.1, 0.15) is 38.3 Å². The van der Waals surface area contributed by atoms with Crippen LogP contribution in [0.25, 0.3) is 0 Å². The van der Waals surface area contributed by atoms with Crippen molar-refractivity contribution >= 4 is 11.6 Å². The van der Waals surface area contributed by atoms with Crippen LogP contribution in [0.4, 0.5) is 0 Å². The quantitative estimate of drug-likeness (QED) is 0.800. The van der Waals surface area contributed by atoms with E-state index in [0.717, 1.165) is 24.2 Å². The van der Waals surface area contributed by atoms with E-state index in [2.05, 4.69) is 19.2 Å². The fourth-order valence-electron chi connectivity index (χ4n) is 2.04. The van der Waals surface area contributed by atoms with E-state index < -0.39 is 0 Å². The zero-order chi connectivity index (χ0) is 13.5. The molecule has 2 N–H and O–H groups in total. The molecule has 0 radical (unpaired) electrons. The molecule has 1 rings (SSSR count). The molecule has 0 aliphatic heterocycles. The lowest BCUT2D eigenvalue weighted by atomic mass is 10.1. The Labute approximate surface area is 114 Å². The van der Waals surface area contributed by atoms with Crippen LogP contribution in [0.2, 0.25) is 5.02 Å². The van der Waals surface area contributed by atoms with Crippen molar-refractivity contribution in [2.75, 3.05) is 13.7 Å². The first-order valence-electron chi connectivity index (χ1n) is 6.28. The van der Waals surface area contributed by atoms with Gasteiger partial charge in [0.2, 0.25) is 0 Å². The average Bonchev–Trinajstić information content (AvgIpc) is 2.36. The molecule has 0 saturated heterocycles. The van der Waals surface area contributed by atoms with Crippen molar-refractivity contribution in [1.29, 1.82) is 0 Å². The van der Waals surface area contributed by atoms with Crippen LogP contribution < -0.4 is 10.1 Å². The van der Waals surface area contributed by atoms with Gasteiger partial charge in [-0.3, -0.25) is 0 Å². The van der Waals surface area contributed by atoms with Crippen LogP contribution in [0.15, 0.2) is 18.2 Å². The molecule has 0 fully saturated rings. The first-order chi connectivity index (χ1) is 8.58. The molecule has 1 aromatic rings. The van der Waals surface area contributed by atoms with Crippen LogP contribution in [0, 0.1) is 0 Å². The van der Waals surface area contributed by atoms with Crippen LogP contribution in [-0.4, -0.2) is 24.9 Å². The molecule has 2 unspecified atom stereocenters. The second kappa shape index (κ2) is 7.62. The summed E-state index contributed by atoms with van der Waals surface area (Å²) in [7, 11) is 1.66. The monoisotopic (exact) mass is 271 g/mol. The molecule has 2 atom stereocenters. The second-order valence-corrected chi connectivity index (χ2v) is 4.98. The number of aliphatic hydroxyl groups excluding tert-OH is 1. The van der Waals surface area contributed by atoms with Gasteiger partial charge in [-0.1, -0.05) is 11.6 Å². The van der Waals surface area contributed by atoms with Crippen molar-refractivity contribution in [2.45, 2.75) is 38.8 Å². The van der Waals surface area contributed by atoms with Crippen LogP contribution >= 0.6 is 11.6 Å². The number of hydrogen-bond acceptors (Lipinski definition) is 3. The number of benzene rings is 1. The van der Waals surface area contributed by atoms with Crippen molar-refractivity contribution in [3.8, 4) is 5.75 Å². The highest BCUT2D eigenvalue weighted by Crippen LogP contribution is 2.28. The van der Waals surface area contributed by atoms with E-state index in [-0.39, 0.29) is 12.6 Å². The average molecular weight is 272 g/mol. The van der Waals surface area contributed by atoms with Gasteiger partial charge in [0.1, 0.15) is 5.75 Å². The van der Waals surface area contributed by atoms with Crippen molar-refractivity contribution in [1.82, 2.24) is 5.32 Å². The molecular formula is C14H22ClNO2. The summed E-state index contributed by atoms with van der Waals surface area (Å²) in [5, 5.41) is 13.0. The lowest BCUT2D eigenvalue weighted by Crippen LogP contribution is -2.29. The molecule has 0 aromatic heterocycles. The van der Waals surface area contributed by atoms with E-state index in [0.29, 0.717) is 11.1 Å². The summed E-state index contributed by atoms with van der Waals surface area (Å²) in [6.45, 7) is 4.44. The molecular weight excluding hydrogens is 250 g/mol. The molecule has 102 valence electrons. The Morgan fingerprint density at radius 2 is 2.11 bits per heavy atom. The first-order valence-corrected chi connectivity index (χ1v) is 6.66. The molecule has 0 amide bonds. The summed E-state index contributed by atoms with van der Waals surface area (Å²) in [4.78, 5) is 0. The molecule has 0 bridgehead atoms. The number of halogens is 1. The minimum absolute atomic E-state index is 0.160. The Morgan fingerprint density at radius 1 is 1.39 bits per heavy atom. The Bertz CT molecular complexity index is 371. The third kappa shape index (κ3) is 4.48. The molecule has 0 aliphatic rings. The smallest absolute Gasteiger partial charge is 0.123 e.